The second-order valence-electron chi connectivity index (χ2n) is 3.27. The van der Waals surface area contributed by atoms with Gasteiger partial charge in [-0.1, -0.05) is 0 Å². The Hall–Kier alpha value is -1.64. The highest BCUT2D eigenvalue weighted by atomic mass is 32.1. The molecule has 5 nitrogen and oxygen atoms in total. The number of nitrogens with zero attached hydrogens (tertiary/aromatic N) is 2. The van der Waals surface area contributed by atoms with E-state index < -0.39 is 24.6 Å². The monoisotopic (exact) mass is 282 g/mol. The van der Waals surface area contributed by atoms with Crippen LogP contribution in [-0.4, -0.2) is 46.1 Å². The minimum Gasteiger partial charge on any atom is -0.476 e. The molecule has 0 saturated heterocycles. The smallest absolute Gasteiger partial charge is 0.406 e. The maximum atomic E-state index is 12.2. The molecule has 1 aromatic heterocycles. The van der Waals surface area contributed by atoms with E-state index in [1.807, 2.05) is 0 Å². The van der Waals surface area contributed by atoms with Crippen LogP contribution in [0.4, 0.5) is 13.2 Å². The molecule has 18 heavy (non-hydrogen) atoms. The van der Waals surface area contributed by atoms with Crippen molar-refractivity contribution in [3.05, 3.63) is 16.1 Å². The van der Waals surface area contributed by atoms with Crippen molar-refractivity contribution in [3.8, 4) is 0 Å². The predicted molar refractivity (Wildman–Crippen MR) is 56.7 cm³/mol. The zero-order valence-corrected chi connectivity index (χ0v) is 10.0. The van der Waals surface area contributed by atoms with Gasteiger partial charge >= 0.3 is 12.1 Å². The normalized spacial score (nSPS) is 11.3. The van der Waals surface area contributed by atoms with Crippen LogP contribution in [0.1, 0.15) is 26.4 Å². The number of halogens is 3. The van der Waals surface area contributed by atoms with E-state index in [-0.39, 0.29) is 16.4 Å². The molecule has 1 amide bonds. The molecular weight excluding hydrogens is 273 g/mol. The van der Waals surface area contributed by atoms with Gasteiger partial charge in [0.1, 0.15) is 11.4 Å². The van der Waals surface area contributed by atoms with Crippen LogP contribution < -0.4 is 0 Å². The summed E-state index contributed by atoms with van der Waals surface area (Å²) < 4.78 is 36.6. The summed E-state index contributed by atoms with van der Waals surface area (Å²) in [4.78, 5) is 26.1. The number of carboxylic acids is 1. The molecule has 1 heterocycles. The summed E-state index contributed by atoms with van der Waals surface area (Å²) in [6.45, 7) is -0.0932. The minimum atomic E-state index is -4.49. The molecule has 0 bridgehead atoms. The van der Waals surface area contributed by atoms with Crippen LogP contribution in [0.25, 0.3) is 0 Å². The zero-order valence-electron chi connectivity index (χ0n) is 9.19. The van der Waals surface area contributed by atoms with Crippen LogP contribution in [0, 0.1) is 0 Å². The molecule has 0 radical (unpaired) electrons. The number of rotatable bonds is 4. The van der Waals surface area contributed by atoms with Crippen molar-refractivity contribution in [2.24, 2.45) is 0 Å². The van der Waals surface area contributed by atoms with Crippen LogP contribution in [0.15, 0.2) is 6.20 Å². The first-order valence-electron chi connectivity index (χ1n) is 4.79. The zero-order chi connectivity index (χ0) is 13.9. The van der Waals surface area contributed by atoms with Gasteiger partial charge in [-0.25, -0.2) is 9.78 Å². The van der Waals surface area contributed by atoms with Crippen LogP contribution in [0.2, 0.25) is 0 Å². The lowest BCUT2D eigenvalue weighted by Crippen LogP contribution is -2.38. The van der Waals surface area contributed by atoms with Crippen LogP contribution in [-0.2, 0) is 0 Å². The molecule has 0 aliphatic heterocycles. The van der Waals surface area contributed by atoms with Crippen molar-refractivity contribution in [3.63, 3.8) is 0 Å². The quantitative estimate of drug-likeness (QED) is 0.915. The number of carbonyl (C=O) groups excluding carboxylic acids is 1. The number of aromatic nitrogens is 1. The first-order valence-corrected chi connectivity index (χ1v) is 5.61. The average Bonchev–Trinajstić information content (AvgIpc) is 2.72. The lowest BCUT2D eigenvalue weighted by atomic mass is 10.4. The Balaban J connectivity index is 2.86. The number of amides is 1. The molecule has 0 aromatic carbocycles. The SMILES string of the molecule is CCN(CC(F)(F)F)C(=O)c1cnc(C(=O)O)s1. The molecule has 0 aliphatic carbocycles. The van der Waals surface area contributed by atoms with Gasteiger partial charge in [-0.3, -0.25) is 4.79 Å². The number of hydrogen-bond acceptors (Lipinski definition) is 4. The van der Waals surface area contributed by atoms with Gasteiger partial charge in [0.25, 0.3) is 5.91 Å². The fourth-order valence-corrected chi connectivity index (χ4v) is 1.89. The third-order valence-electron chi connectivity index (χ3n) is 1.94. The highest BCUT2D eigenvalue weighted by molar-refractivity contribution is 7.15. The maximum Gasteiger partial charge on any atom is 0.406 e. The van der Waals surface area contributed by atoms with E-state index in [1.165, 1.54) is 6.92 Å². The largest absolute Gasteiger partial charge is 0.476 e. The van der Waals surface area contributed by atoms with Crippen molar-refractivity contribution >= 4 is 23.2 Å². The van der Waals surface area contributed by atoms with Gasteiger partial charge < -0.3 is 10.0 Å². The summed E-state index contributed by atoms with van der Waals surface area (Å²) in [7, 11) is 0. The maximum absolute atomic E-state index is 12.2. The molecule has 1 rings (SSSR count). The van der Waals surface area contributed by atoms with E-state index >= 15 is 0 Å². The van der Waals surface area contributed by atoms with E-state index in [9.17, 15) is 22.8 Å². The minimum absolute atomic E-state index is 0.126. The Kier molecular flexibility index (Phi) is 4.28. The van der Waals surface area contributed by atoms with Crippen LogP contribution >= 0.6 is 11.3 Å². The fourth-order valence-electron chi connectivity index (χ4n) is 1.17. The second-order valence-corrected chi connectivity index (χ2v) is 4.30. The number of carboxylic acid groups (broad SMARTS) is 1. The summed E-state index contributed by atoms with van der Waals surface area (Å²) in [5.41, 5.74) is 0. The first kappa shape index (κ1) is 14.4. The summed E-state index contributed by atoms with van der Waals surface area (Å²) >= 11 is 0.550. The molecule has 0 unspecified atom stereocenters. The topological polar surface area (TPSA) is 70.5 Å². The molecule has 0 atom stereocenters. The van der Waals surface area contributed by atoms with E-state index in [0.717, 1.165) is 6.20 Å². The Labute approximate surface area is 104 Å². The van der Waals surface area contributed by atoms with E-state index in [4.69, 9.17) is 5.11 Å². The van der Waals surface area contributed by atoms with Crippen LogP contribution in [0.3, 0.4) is 0 Å². The Morgan fingerprint density at radius 2 is 2.11 bits per heavy atom. The molecule has 0 spiro atoms. The van der Waals surface area contributed by atoms with Crippen molar-refractivity contribution in [1.29, 1.82) is 0 Å². The highest BCUT2D eigenvalue weighted by Gasteiger charge is 2.33. The molecule has 100 valence electrons. The lowest BCUT2D eigenvalue weighted by Gasteiger charge is -2.21. The summed E-state index contributed by atoms with van der Waals surface area (Å²) in [6, 6.07) is 0. The third kappa shape index (κ3) is 3.69. The van der Waals surface area contributed by atoms with Crippen molar-refractivity contribution in [2.45, 2.75) is 13.1 Å². The molecule has 0 saturated carbocycles. The molecule has 0 fully saturated rings. The summed E-state index contributed by atoms with van der Waals surface area (Å²) in [5, 5.41) is 8.27. The molecular formula is C9H9F3N2O3S. The fraction of sp³-hybridized carbons (Fsp3) is 0.444. The Morgan fingerprint density at radius 3 is 2.50 bits per heavy atom. The number of thiazole rings is 1. The van der Waals surface area contributed by atoms with Gasteiger partial charge in [-0.05, 0) is 6.92 Å². The molecule has 9 heteroatoms. The van der Waals surface area contributed by atoms with Crippen molar-refractivity contribution in [2.75, 3.05) is 13.1 Å². The molecule has 0 aliphatic rings. The van der Waals surface area contributed by atoms with Crippen LogP contribution in [0.5, 0.6) is 0 Å². The Morgan fingerprint density at radius 1 is 1.50 bits per heavy atom. The van der Waals surface area contributed by atoms with Gasteiger partial charge in [-0.15, -0.1) is 11.3 Å². The average molecular weight is 282 g/mol. The summed E-state index contributed by atoms with van der Waals surface area (Å²) in [5.74, 6) is -2.20. The summed E-state index contributed by atoms with van der Waals surface area (Å²) in [6.07, 6.45) is -3.53. The predicted octanol–water partition coefficient (Wildman–Crippen LogP) is 1.87. The number of aromatic carboxylic acids is 1. The Bertz CT molecular complexity index is 458. The first-order chi connectivity index (χ1) is 8.24. The van der Waals surface area contributed by atoms with Crippen molar-refractivity contribution < 1.29 is 27.9 Å². The van der Waals surface area contributed by atoms with Gasteiger partial charge in [0.05, 0.1) is 6.20 Å². The van der Waals surface area contributed by atoms with Gasteiger partial charge in [0, 0.05) is 6.54 Å². The number of carbonyl (C=O) groups is 2. The third-order valence-corrected chi connectivity index (χ3v) is 2.91. The van der Waals surface area contributed by atoms with E-state index in [0.29, 0.717) is 16.2 Å². The van der Waals surface area contributed by atoms with E-state index in [2.05, 4.69) is 4.98 Å². The number of alkyl halides is 3. The molecule has 1 aromatic rings. The number of hydrogen-bond donors (Lipinski definition) is 1. The van der Waals surface area contributed by atoms with Gasteiger partial charge in [0.2, 0.25) is 5.01 Å². The lowest BCUT2D eigenvalue weighted by molar-refractivity contribution is -0.140. The second kappa shape index (κ2) is 5.34. The van der Waals surface area contributed by atoms with Gasteiger partial charge in [0.15, 0.2) is 0 Å². The standard InChI is InChI=1S/C9H9F3N2O3S/c1-2-14(4-9(10,11)12)7(15)5-3-13-6(18-5)8(16)17/h3H,2,4H2,1H3,(H,16,17). The van der Waals surface area contributed by atoms with E-state index in [1.54, 1.807) is 0 Å². The van der Waals surface area contributed by atoms with Crippen molar-refractivity contribution in [1.82, 2.24) is 9.88 Å². The molecule has 1 N–H and O–H groups in total. The van der Waals surface area contributed by atoms with Gasteiger partial charge in [-0.2, -0.15) is 13.2 Å². The highest BCUT2D eigenvalue weighted by Crippen LogP contribution is 2.20.